The third-order valence-electron chi connectivity index (χ3n) is 6.53. The number of nitrogens with zero attached hydrogens (tertiary/aromatic N) is 1. The summed E-state index contributed by atoms with van der Waals surface area (Å²) in [4.78, 5) is 30.7. The van der Waals surface area contributed by atoms with Crippen LogP contribution in [0.2, 0.25) is 0 Å². The number of aryl methyl sites for hydroxylation is 4. The number of nitrogens with one attached hydrogen (secondary N) is 2. The van der Waals surface area contributed by atoms with Crippen molar-refractivity contribution in [3.8, 4) is 17.0 Å². The van der Waals surface area contributed by atoms with Crippen molar-refractivity contribution < 1.29 is 14.3 Å². The second kappa shape index (κ2) is 10.7. The van der Waals surface area contributed by atoms with Crippen LogP contribution in [-0.4, -0.2) is 42.4 Å². The average Bonchev–Trinajstić information content (AvgIpc) is 3.23. The van der Waals surface area contributed by atoms with Gasteiger partial charge >= 0.3 is 0 Å². The summed E-state index contributed by atoms with van der Waals surface area (Å²) in [6.07, 6.45) is 0.865. The van der Waals surface area contributed by atoms with Gasteiger partial charge in [0.1, 0.15) is 5.75 Å². The van der Waals surface area contributed by atoms with Gasteiger partial charge in [-0.3, -0.25) is 9.59 Å². The lowest BCUT2D eigenvalue weighted by atomic mass is 10.0. The van der Waals surface area contributed by atoms with Crippen molar-refractivity contribution >= 4 is 28.4 Å². The molecule has 0 atom stereocenters. The van der Waals surface area contributed by atoms with Crippen molar-refractivity contribution in [1.82, 2.24) is 9.88 Å². The summed E-state index contributed by atoms with van der Waals surface area (Å²) < 4.78 is 5.29. The number of hydrogen-bond donors (Lipinski definition) is 2. The number of carbonyl (C=O) groups is 2. The van der Waals surface area contributed by atoms with Gasteiger partial charge in [-0.2, -0.15) is 0 Å². The van der Waals surface area contributed by atoms with E-state index in [4.69, 9.17) is 4.74 Å². The van der Waals surface area contributed by atoms with Crippen molar-refractivity contribution in [1.29, 1.82) is 0 Å². The first kappa shape index (κ1) is 25.0. The minimum atomic E-state index is -0.202. The molecule has 36 heavy (non-hydrogen) atoms. The van der Waals surface area contributed by atoms with Gasteiger partial charge < -0.3 is 19.9 Å². The van der Waals surface area contributed by atoms with Gasteiger partial charge in [-0.25, -0.2) is 0 Å². The molecule has 6 heteroatoms. The van der Waals surface area contributed by atoms with Crippen LogP contribution in [0, 0.1) is 20.8 Å². The quantitative estimate of drug-likeness (QED) is 0.333. The molecule has 1 heterocycles. The Morgan fingerprint density at radius 1 is 0.972 bits per heavy atom. The molecule has 186 valence electrons. The smallest absolute Gasteiger partial charge is 0.243 e. The Hall–Kier alpha value is -4.06. The number of amides is 2. The van der Waals surface area contributed by atoms with Gasteiger partial charge in [-0.15, -0.1) is 0 Å². The Balaban J connectivity index is 1.46. The lowest BCUT2D eigenvalue weighted by Crippen LogP contribution is -2.35. The van der Waals surface area contributed by atoms with E-state index in [2.05, 4.69) is 16.4 Å². The van der Waals surface area contributed by atoms with Crippen LogP contribution in [0.25, 0.3) is 22.2 Å². The summed E-state index contributed by atoms with van der Waals surface area (Å²) in [7, 11) is 3.32. The molecule has 0 aliphatic heterocycles. The van der Waals surface area contributed by atoms with E-state index in [1.165, 1.54) is 4.90 Å². The van der Waals surface area contributed by atoms with E-state index in [1.807, 2.05) is 75.4 Å². The van der Waals surface area contributed by atoms with E-state index in [-0.39, 0.29) is 18.4 Å². The zero-order valence-corrected chi connectivity index (χ0v) is 21.6. The molecule has 2 amide bonds. The predicted octanol–water partition coefficient (Wildman–Crippen LogP) is 5.80. The zero-order chi connectivity index (χ0) is 25.8. The lowest BCUT2D eigenvalue weighted by molar-refractivity contribution is -0.133. The molecule has 0 spiro atoms. The average molecular weight is 484 g/mol. The summed E-state index contributed by atoms with van der Waals surface area (Å²) in [5.74, 6) is 0.517. The fourth-order valence-electron chi connectivity index (χ4n) is 4.75. The van der Waals surface area contributed by atoms with E-state index in [9.17, 15) is 9.59 Å². The minimum Gasteiger partial charge on any atom is -0.497 e. The largest absolute Gasteiger partial charge is 0.497 e. The van der Waals surface area contributed by atoms with Crippen LogP contribution in [-0.2, 0) is 16.0 Å². The molecule has 0 aliphatic carbocycles. The highest BCUT2D eigenvalue weighted by atomic mass is 16.5. The number of aromatic nitrogens is 1. The Bertz CT molecular complexity index is 1380. The molecule has 0 bridgehead atoms. The molecule has 3 aromatic carbocycles. The fourth-order valence-corrected chi connectivity index (χ4v) is 4.75. The Morgan fingerprint density at radius 3 is 2.31 bits per heavy atom. The van der Waals surface area contributed by atoms with Crippen molar-refractivity contribution in [3.05, 3.63) is 82.9 Å². The molecule has 6 nitrogen and oxygen atoms in total. The highest BCUT2D eigenvalue weighted by molar-refractivity contribution is 5.96. The van der Waals surface area contributed by atoms with E-state index < -0.39 is 0 Å². The van der Waals surface area contributed by atoms with Gasteiger partial charge in [0.25, 0.3) is 0 Å². The van der Waals surface area contributed by atoms with Crippen molar-refractivity contribution in [2.24, 2.45) is 0 Å². The topological polar surface area (TPSA) is 74.4 Å². The number of hydrogen-bond acceptors (Lipinski definition) is 3. The maximum atomic E-state index is 13.0. The molecular weight excluding hydrogens is 450 g/mol. The van der Waals surface area contributed by atoms with Crippen LogP contribution in [0.3, 0.4) is 0 Å². The number of benzene rings is 3. The normalized spacial score (nSPS) is 10.9. The van der Waals surface area contributed by atoms with Gasteiger partial charge in [0, 0.05) is 35.8 Å². The van der Waals surface area contributed by atoms with Crippen molar-refractivity contribution in [2.45, 2.75) is 33.6 Å². The Morgan fingerprint density at radius 2 is 1.64 bits per heavy atom. The molecule has 1 aromatic heterocycles. The monoisotopic (exact) mass is 483 g/mol. The van der Waals surface area contributed by atoms with E-state index in [0.717, 1.165) is 55.9 Å². The molecule has 0 unspecified atom stereocenters. The van der Waals surface area contributed by atoms with Crippen LogP contribution in [0.4, 0.5) is 5.69 Å². The molecule has 2 N–H and O–H groups in total. The van der Waals surface area contributed by atoms with Gasteiger partial charge in [0.2, 0.25) is 11.8 Å². The van der Waals surface area contributed by atoms with Crippen LogP contribution in [0.5, 0.6) is 5.75 Å². The number of aromatic amines is 1. The molecule has 0 saturated heterocycles. The summed E-state index contributed by atoms with van der Waals surface area (Å²) in [6.45, 7) is 5.99. The lowest BCUT2D eigenvalue weighted by Gasteiger charge is -2.18. The van der Waals surface area contributed by atoms with Crippen LogP contribution in [0.15, 0.2) is 60.7 Å². The molecule has 4 aromatic rings. The third kappa shape index (κ3) is 5.43. The number of para-hydroxylation sites is 1. The van der Waals surface area contributed by atoms with Crippen molar-refractivity contribution in [2.75, 3.05) is 26.0 Å². The second-order valence-corrected chi connectivity index (χ2v) is 9.32. The first-order valence-electron chi connectivity index (χ1n) is 12.1. The van der Waals surface area contributed by atoms with Crippen LogP contribution >= 0.6 is 0 Å². The fraction of sp³-hybridized carbons (Fsp3) is 0.267. The third-order valence-corrected chi connectivity index (χ3v) is 6.53. The second-order valence-electron chi connectivity index (χ2n) is 9.32. The van der Waals surface area contributed by atoms with Gasteiger partial charge in [0.15, 0.2) is 0 Å². The first-order valence-corrected chi connectivity index (χ1v) is 12.1. The van der Waals surface area contributed by atoms with Crippen LogP contribution in [0.1, 0.15) is 28.7 Å². The SMILES string of the molecule is COc1ccc(-c2[nH]c3ccccc3c2CCC(=O)N(C)CC(=O)Nc2c(C)cc(C)cc2C)cc1. The molecule has 0 fully saturated rings. The van der Waals surface area contributed by atoms with Crippen molar-refractivity contribution in [3.63, 3.8) is 0 Å². The summed E-state index contributed by atoms with van der Waals surface area (Å²) in [5, 5.41) is 4.08. The van der Waals surface area contributed by atoms with E-state index >= 15 is 0 Å². The highest BCUT2D eigenvalue weighted by Crippen LogP contribution is 2.32. The summed E-state index contributed by atoms with van der Waals surface area (Å²) >= 11 is 0. The maximum absolute atomic E-state index is 13.0. The molecule has 0 aliphatic rings. The number of fused-ring (bicyclic) bond motifs is 1. The number of carbonyl (C=O) groups excluding carboxylic acids is 2. The summed E-state index contributed by atoms with van der Waals surface area (Å²) in [6, 6.07) is 20.1. The standard InChI is InChI=1S/C30H33N3O3/c1-19-16-20(2)29(21(3)17-19)32-27(34)18-33(4)28(35)15-14-25-24-8-6-7-9-26(24)31-30(25)22-10-12-23(36-5)13-11-22/h6-13,16-17,31H,14-15,18H2,1-5H3,(H,32,34). The summed E-state index contributed by atoms with van der Waals surface area (Å²) in [5.41, 5.74) is 8.15. The number of H-pyrrole nitrogens is 1. The molecule has 0 saturated carbocycles. The Labute approximate surface area is 212 Å². The number of ether oxygens (including phenoxy) is 1. The number of likely N-dealkylation sites (N-methyl/N-ethyl adjacent to an activating group) is 1. The van der Waals surface area contributed by atoms with Crippen LogP contribution < -0.4 is 10.1 Å². The van der Waals surface area contributed by atoms with Gasteiger partial charge in [0.05, 0.1) is 13.7 Å². The number of anilines is 1. The van der Waals surface area contributed by atoms with E-state index in [1.54, 1.807) is 14.2 Å². The minimum absolute atomic E-state index is 0.00477. The Kier molecular flexibility index (Phi) is 7.44. The maximum Gasteiger partial charge on any atom is 0.243 e. The van der Waals surface area contributed by atoms with E-state index in [0.29, 0.717) is 12.8 Å². The zero-order valence-electron chi connectivity index (χ0n) is 21.6. The van der Waals surface area contributed by atoms with Gasteiger partial charge in [-0.1, -0.05) is 35.9 Å². The first-order chi connectivity index (χ1) is 17.3. The highest BCUT2D eigenvalue weighted by Gasteiger charge is 2.18. The molecular formula is C30H33N3O3. The number of methoxy groups -OCH3 is 1. The predicted molar refractivity (Wildman–Crippen MR) is 146 cm³/mol. The van der Waals surface area contributed by atoms with Gasteiger partial charge in [-0.05, 0) is 79.8 Å². The molecule has 4 rings (SSSR count). The number of rotatable bonds is 8. The molecule has 0 radical (unpaired) electrons.